The van der Waals surface area contributed by atoms with Gasteiger partial charge in [-0.15, -0.1) is 0 Å². The first-order chi connectivity index (χ1) is 8.88. The third-order valence-corrected chi connectivity index (χ3v) is 3.76. The molecule has 0 aromatic heterocycles. The third kappa shape index (κ3) is 6.34. The average molecular weight is 254 g/mol. The summed E-state index contributed by atoms with van der Waals surface area (Å²) in [7, 11) is 0. The van der Waals surface area contributed by atoms with E-state index in [2.05, 4.69) is 34.7 Å². The van der Waals surface area contributed by atoms with Gasteiger partial charge in [-0.2, -0.15) is 10.1 Å². The van der Waals surface area contributed by atoms with Crippen LogP contribution in [0.2, 0.25) is 0 Å². The van der Waals surface area contributed by atoms with Gasteiger partial charge in [-0.1, -0.05) is 70.4 Å². The van der Waals surface area contributed by atoms with Crippen molar-refractivity contribution in [2.75, 3.05) is 6.67 Å². The molecule has 0 radical (unpaired) electrons. The van der Waals surface area contributed by atoms with Gasteiger partial charge < -0.3 is 0 Å². The van der Waals surface area contributed by atoms with Crippen molar-refractivity contribution in [3.8, 4) is 0 Å². The fourth-order valence-corrected chi connectivity index (χ4v) is 2.51. The zero-order valence-corrected chi connectivity index (χ0v) is 12.2. The quantitative estimate of drug-likeness (QED) is 0.554. The van der Waals surface area contributed by atoms with Gasteiger partial charge in [0.05, 0.1) is 0 Å². The molecule has 0 aromatic carbocycles. The highest BCUT2D eigenvalue weighted by molar-refractivity contribution is 4.67. The number of rotatable bonds is 11. The minimum Gasteiger partial charge on any atom is -0.220 e. The summed E-state index contributed by atoms with van der Waals surface area (Å²) in [6.45, 7) is 5.24. The number of unbranched alkanes of at least 4 members (excludes halogenated alkanes) is 7. The van der Waals surface area contributed by atoms with Gasteiger partial charge in [-0.05, 0) is 12.8 Å². The maximum Gasteiger partial charge on any atom is 0.133 e. The van der Waals surface area contributed by atoms with Crippen molar-refractivity contribution in [3.63, 3.8) is 0 Å². The number of hydrazine groups is 1. The van der Waals surface area contributed by atoms with E-state index in [1.807, 2.05) is 0 Å². The van der Waals surface area contributed by atoms with Crippen LogP contribution in [0.4, 0.5) is 0 Å². The molecule has 1 rings (SSSR count). The first-order valence-electron chi connectivity index (χ1n) is 7.77. The van der Waals surface area contributed by atoms with Crippen LogP contribution in [-0.2, 0) is 0 Å². The topological polar surface area (TPSA) is 40.0 Å². The molecule has 0 amide bonds. The normalized spacial score (nSPS) is 17.0. The zero-order valence-electron chi connectivity index (χ0n) is 12.2. The Kier molecular flexibility index (Phi) is 8.82. The van der Waals surface area contributed by atoms with Gasteiger partial charge >= 0.3 is 0 Å². The Morgan fingerprint density at radius 2 is 1.67 bits per heavy atom. The molecule has 1 atom stereocenters. The lowest BCUT2D eigenvalue weighted by Crippen LogP contribution is -2.39. The third-order valence-electron chi connectivity index (χ3n) is 3.76. The minimum absolute atomic E-state index is 0.597. The molecule has 0 aromatic rings. The van der Waals surface area contributed by atoms with E-state index < -0.39 is 0 Å². The zero-order chi connectivity index (χ0) is 13.1. The van der Waals surface area contributed by atoms with Crippen LogP contribution in [0.1, 0.15) is 78.1 Å². The van der Waals surface area contributed by atoms with Gasteiger partial charge in [-0.3, -0.25) is 0 Å². The standard InChI is InChI=1S/C14H30N4/c1-3-5-6-7-8-9-10-11-12-14(4-2)18-13-15-16-17-18/h14H,3-13H2,1-2H3,(H,15,17). The van der Waals surface area contributed by atoms with Crippen LogP contribution in [0.5, 0.6) is 0 Å². The van der Waals surface area contributed by atoms with Crippen molar-refractivity contribution in [2.45, 2.75) is 84.1 Å². The first-order valence-corrected chi connectivity index (χ1v) is 7.77. The Morgan fingerprint density at radius 1 is 1.00 bits per heavy atom. The lowest BCUT2D eigenvalue weighted by atomic mass is 10.0. The highest BCUT2D eigenvalue weighted by atomic mass is 15.8. The van der Waals surface area contributed by atoms with Crippen molar-refractivity contribution in [3.05, 3.63) is 0 Å². The molecule has 4 heteroatoms. The molecular weight excluding hydrogens is 224 g/mol. The molecule has 1 aliphatic rings. The Balaban J connectivity index is 1.92. The second-order valence-electron chi connectivity index (χ2n) is 5.28. The molecular formula is C14H30N4. The predicted octanol–water partition coefficient (Wildman–Crippen LogP) is 4.44. The summed E-state index contributed by atoms with van der Waals surface area (Å²) in [5.74, 6) is 0. The van der Waals surface area contributed by atoms with Crippen molar-refractivity contribution in [2.24, 2.45) is 10.3 Å². The second kappa shape index (κ2) is 10.3. The molecule has 0 spiro atoms. The summed E-state index contributed by atoms with van der Waals surface area (Å²) in [4.78, 5) is 0. The molecule has 1 heterocycles. The van der Waals surface area contributed by atoms with Crippen LogP contribution >= 0.6 is 0 Å². The summed E-state index contributed by atoms with van der Waals surface area (Å²) >= 11 is 0. The highest BCUT2D eigenvalue weighted by Crippen LogP contribution is 2.15. The fourth-order valence-electron chi connectivity index (χ4n) is 2.51. The molecule has 0 aliphatic carbocycles. The Bertz CT molecular complexity index is 210. The van der Waals surface area contributed by atoms with Crippen LogP contribution in [0, 0.1) is 0 Å². The molecule has 18 heavy (non-hydrogen) atoms. The number of nitrogens with zero attached hydrogens (tertiary/aromatic N) is 3. The predicted molar refractivity (Wildman–Crippen MR) is 76.0 cm³/mol. The number of hydrogen-bond acceptors (Lipinski definition) is 4. The molecule has 0 saturated heterocycles. The molecule has 0 fully saturated rings. The second-order valence-corrected chi connectivity index (χ2v) is 5.28. The van der Waals surface area contributed by atoms with Crippen LogP contribution in [-0.4, -0.2) is 17.7 Å². The number of hydrogen-bond donors (Lipinski definition) is 1. The van der Waals surface area contributed by atoms with Gasteiger partial charge in [0.2, 0.25) is 0 Å². The van der Waals surface area contributed by atoms with Crippen LogP contribution < -0.4 is 5.53 Å². The van der Waals surface area contributed by atoms with E-state index in [1.165, 1.54) is 64.2 Å². The van der Waals surface area contributed by atoms with E-state index in [0.29, 0.717) is 6.04 Å². The Hall–Kier alpha value is -0.640. The first kappa shape index (κ1) is 15.4. The van der Waals surface area contributed by atoms with Gasteiger partial charge in [0.1, 0.15) is 6.67 Å². The highest BCUT2D eigenvalue weighted by Gasteiger charge is 2.18. The molecule has 106 valence electrons. The van der Waals surface area contributed by atoms with Crippen molar-refractivity contribution >= 4 is 0 Å². The van der Waals surface area contributed by atoms with E-state index in [9.17, 15) is 0 Å². The summed E-state index contributed by atoms with van der Waals surface area (Å²) in [6.07, 6.45) is 13.6. The largest absolute Gasteiger partial charge is 0.220 e. The van der Waals surface area contributed by atoms with E-state index in [0.717, 1.165) is 6.67 Å². The van der Waals surface area contributed by atoms with Gasteiger partial charge in [0.25, 0.3) is 0 Å². The Morgan fingerprint density at radius 3 is 2.22 bits per heavy atom. The van der Waals surface area contributed by atoms with Gasteiger partial charge in [-0.25, -0.2) is 5.53 Å². The molecule has 0 saturated carbocycles. The molecule has 1 N–H and O–H groups in total. The van der Waals surface area contributed by atoms with Crippen LogP contribution in [0.25, 0.3) is 0 Å². The lowest BCUT2D eigenvalue weighted by molar-refractivity contribution is 0.146. The van der Waals surface area contributed by atoms with Gasteiger partial charge in [0, 0.05) is 6.04 Å². The van der Waals surface area contributed by atoms with Crippen molar-refractivity contribution in [1.29, 1.82) is 0 Å². The monoisotopic (exact) mass is 254 g/mol. The fraction of sp³-hybridized carbons (Fsp3) is 1.00. The molecule has 0 bridgehead atoms. The minimum atomic E-state index is 0.597. The summed E-state index contributed by atoms with van der Waals surface area (Å²) in [5.41, 5.74) is 2.97. The Labute approximate surface area is 112 Å². The molecule has 1 unspecified atom stereocenters. The van der Waals surface area contributed by atoms with Gasteiger partial charge in [0.15, 0.2) is 0 Å². The SMILES string of the molecule is CCCCCCCCCCC(CC)N1CN=NN1. The summed E-state index contributed by atoms with van der Waals surface area (Å²) < 4.78 is 0. The average Bonchev–Trinajstić information content (AvgIpc) is 2.91. The van der Waals surface area contributed by atoms with E-state index in [1.54, 1.807) is 0 Å². The van der Waals surface area contributed by atoms with E-state index in [4.69, 9.17) is 0 Å². The van der Waals surface area contributed by atoms with Crippen LogP contribution in [0.15, 0.2) is 10.3 Å². The maximum atomic E-state index is 3.96. The van der Waals surface area contributed by atoms with E-state index in [-0.39, 0.29) is 0 Å². The molecule has 1 aliphatic heterocycles. The van der Waals surface area contributed by atoms with Crippen molar-refractivity contribution in [1.82, 2.24) is 10.5 Å². The maximum absolute atomic E-state index is 3.96. The van der Waals surface area contributed by atoms with Crippen molar-refractivity contribution < 1.29 is 0 Å². The summed E-state index contributed by atoms with van der Waals surface area (Å²) in [6, 6.07) is 0.597. The van der Waals surface area contributed by atoms with Crippen LogP contribution in [0.3, 0.4) is 0 Å². The molecule has 4 nitrogen and oxygen atoms in total. The smallest absolute Gasteiger partial charge is 0.133 e. The summed E-state index contributed by atoms with van der Waals surface area (Å²) in [5, 5.41) is 9.93. The lowest BCUT2D eigenvalue weighted by Gasteiger charge is -2.23. The number of nitrogens with one attached hydrogen (secondary N) is 1. The van der Waals surface area contributed by atoms with E-state index >= 15 is 0 Å².